The van der Waals surface area contributed by atoms with E-state index in [9.17, 15) is 0 Å². The molecule has 98 valence electrons. The molecule has 0 aromatic heterocycles. The van der Waals surface area contributed by atoms with Crippen molar-refractivity contribution in [3.63, 3.8) is 0 Å². The largest absolute Gasteiger partial charge is 0.365 e. The number of hydrogen-bond acceptors (Lipinski definition) is 3. The van der Waals surface area contributed by atoms with Gasteiger partial charge in [-0.3, -0.25) is 0 Å². The van der Waals surface area contributed by atoms with E-state index >= 15 is 0 Å². The molecular weight excluding hydrogens is 294 g/mol. The molecule has 0 bridgehead atoms. The van der Waals surface area contributed by atoms with Crippen LogP contribution in [0.5, 0.6) is 0 Å². The Balaban J connectivity index is 1.83. The molecule has 1 spiro atoms. The summed E-state index contributed by atoms with van der Waals surface area (Å²) in [6, 6.07) is 8.45. The van der Waals surface area contributed by atoms with Gasteiger partial charge in [0.2, 0.25) is 5.79 Å². The van der Waals surface area contributed by atoms with Gasteiger partial charge in [-0.15, -0.1) is 0 Å². The minimum atomic E-state index is -0.495. The first kappa shape index (κ1) is 12.5. The Labute approximate surface area is 116 Å². The number of rotatable bonds is 4. The van der Waals surface area contributed by atoms with Gasteiger partial charge in [-0.25, -0.2) is 0 Å². The van der Waals surface area contributed by atoms with Crippen LogP contribution in [0.3, 0.4) is 0 Å². The van der Waals surface area contributed by atoms with Crippen molar-refractivity contribution in [1.29, 1.82) is 0 Å². The third-order valence-corrected chi connectivity index (χ3v) is 4.18. The number of ether oxygens (including phenoxy) is 2. The average Bonchev–Trinajstić information content (AvgIpc) is 2.99. The van der Waals surface area contributed by atoms with Crippen LogP contribution in [0, 0.1) is 0 Å². The number of halogens is 1. The van der Waals surface area contributed by atoms with Crippen LogP contribution in [0.25, 0.3) is 0 Å². The molecule has 1 aromatic carbocycles. The molecule has 0 N–H and O–H groups in total. The van der Waals surface area contributed by atoms with E-state index in [0.717, 1.165) is 18.4 Å². The summed E-state index contributed by atoms with van der Waals surface area (Å²) in [4.78, 5) is 2.39. The van der Waals surface area contributed by atoms with Crippen molar-refractivity contribution in [1.82, 2.24) is 0 Å². The lowest BCUT2D eigenvalue weighted by Crippen LogP contribution is -2.34. The van der Waals surface area contributed by atoms with Crippen LogP contribution >= 0.6 is 15.9 Å². The molecule has 1 saturated heterocycles. The van der Waals surface area contributed by atoms with Gasteiger partial charge < -0.3 is 14.4 Å². The van der Waals surface area contributed by atoms with Gasteiger partial charge >= 0.3 is 0 Å². The lowest BCUT2D eigenvalue weighted by atomic mass is 10.1. The summed E-state index contributed by atoms with van der Waals surface area (Å²) in [6.07, 6.45) is 2.39. The minimum Gasteiger partial charge on any atom is -0.365 e. The predicted octanol–water partition coefficient (Wildman–Crippen LogP) is 2.88. The molecule has 2 aliphatic heterocycles. The molecule has 0 amide bonds. The van der Waals surface area contributed by atoms with Crippen molar-refractivity contribution in [2.24, 2.45) is 0 Å². The highest BCUT2D eigenvalue weighted by molar-refractivity contribution is 9.09. The van der Waals surface area contributed by atoms with E-state index in [1.54, 1.807) is 0 Å². The van der Waals surface area contributed by atoms with Crippen LogP contribution in [0.1, 0.15) is 18.4 Å². The summed E-state index contributed by atoms with van der Waals surface area (Å²) in [5.41, 5.74) is 2.47. The monoisotopic (exact) mass is 311 g/mol. The maximum absolute atomic E-state index is 5.89. The number of anilines is 1. The number of fused-ring (bicyclic) bond motifs is 2. The quantitative estimate of drug-likeness (QED) is 0.630. The molecule has 0 saturated carbocycles. The van der Waals surface area contributed by atoms with E-state index in [-0.39, 0.29) is 0 Å². The van der Waals surface area contributed by atoms with E-state index in [2.05, 4.69) is 45.1 Å². The molecule has 4 heteroatoms. The fourth-order valence-corrected chi connectivity index (χ4v) is 3.19. The van der Waals surface area contributed by atoms with Crippen LogP contribution in [0.4, 0.5) is 5.69 Å². The molecule has 18 heavy (non-hydrogen) atoms. The SMILES string of the molecule is BrCCCCN1CC2(OCCO2)c2ccccc21. The summed E-state index contributed by atoms with van der Waals surface area (Å²) in [7, 11) is 0. The van der Waals surface area contributed by atoms with E-state index in [4.69, 9.17) is 9.47 Å². The lowest BCUT2D eigenvalue weighted by Gasteiger charge is -2.24. The van der Waals surface area contributed by atoms with Crippen LogP contribution in [-0.2, 0) is 15.3 Å². The second kappa shape index (κ2) is 5.19. The molecule has 0 radical (unpaired) electrons. The first-order chi connectivity index (χ1) is 8.86. The number of benzene rings is 1. The Morgan fingerprint density at radius 3 is 2.72 bits per heavy atom. The zero-order valence-corrected chi connectivity index (χ0v) is 12.0. The van der Waals surface area contributed by atoms with Gasteiger partial charge in [-0.2, -0.15) is 0 Å². The zero-order chi connectivity index (χ0) is 12.4. The highest BCUT2D eigenvalue weighted by Gasteiger charge is 2.47. The molecule has 3 nitrogen and oxygen atoms in total. The van der Waals surface area contributed by atoms with Crippen LogP contribution < -0.4 is 4.90 Å². The molecule has 1 fully saturated rings. The van der Waals surface area contributed by atoms with Gasteiger partial charge in [0.1, 0.15) is 0 Å². The van der Waals surface area contributed by atoms with Crippen molar-refractivity contribution < 1.29 is 9.47 Å². The van der Waals surface area contributed by atoms with Crippen molar-refractivity contribution in [3.05, 3.63) is 29.8 Å². The summed E-state index contributed by atoms with van der Waals surface area (Å²) >= 11 is 3.48. The fourth-order valence-electron chi connectivity index (χ4n) is 2.79. The summed E-state index contributed by atoms with van der Waals surface area (Å²) in [5.74, 6) is -0.495. The first-order valence-corrected chi connectivity index (χ1v) is 7.66. The van der Waals surface area contributed by atoms with E-state index in [1.807, 2.05) is 0 Å². The Bertz CT molecular complexity index is 418. The Kier molecular flexibility index (Phi) is 3.59. The second-order valence-electron chi connectivity index (χ2n) is 4.78. The number of hydrogen-bond donors (Lipinski definition) is 0. The third kappa shape index (κ3) is 2.06. The van der Waals surface area contributed by atoms with Gasteiger partial charge in [0, 0.05) is 23.1 Å². The molecule has 0 unspecified atom stereocenters. The van der Waals surface area contributed by atoms with E-state index < -0.39 is 5.79 Å². The number of unbranched alkanes of at least 4 members (excludes halogenated alkanes) is 1. The fraction of sp³-hybridized carbons (Fsp3) is 0.571. The van der Waals surface area contributed by atoms with Crippen molar-refractivity contribution in [2.75, 3.05) is 36.5 Å². The standard InChI is InChI=1S/C14H18BrNO2/c15-7-3-4-8-16-11-14(17-9-10-18-14)12-5-1-2-6-13(12)16/h1-2,5-6H,3-4,7-11H2. The molecular formula is C14H18BrNO2. The smallest absolute Gasteiger partial charge is 0.215 e. The molecule has 0 atom stereocenters. The Morgan fingerprint density at radius 1 is 1.17 bits per heavy atom. The van der Waals surface area contributed by atoms with Crippen LogP contribution in [0.2, 0.25) is 0 Å². The highest BCUT2D eigenvalue weighted by Crippen LogP contribution is 2.44. The van der Waals surface area contributed by atoms with Crippen molar-refractivity contribution in [3.8, 4) is 0 Å². The third-order valence-electron chi connectivity index (χ3n) is 3.62. The second-order valence-corrected chi connectivity index (χ2v) is 5.58. The molecule has 0 aliphatic carbocycles. The number of nitrogens with zero attached hydrogens (tertiary/aromatic N) is 1. The summed E-state index contributed by atoms with van der Waals surface area (Å²) < 4.78 is 11.8. The average molecular weight is 312 g/mol. The molecule has 3 rings (SSSR count). The van der Waals surface area contributed by atoms with Gasteiger partial charge in [-0.05, 0) is 18.9 Å². The highest BCUT2D eigenvalue weighted by atomic mass is 79.9. The van der Waals surface area contributed by atoms with Crippen molar-refractivity contribution >= 4 is 21.6 Å². The lowest BCUT2D eigenvalue weighted by molar-refractivity contribution is -0.151. The maximum atomic E-state index is 5.89. The van der Waals surface area contributed by atoms with Crippen LogP contribution in [-0.4, -0.2) is 31.6 Å². The maximum Gasteiger partial charge on any atom is 0.215 e. The zero-order valence-electron chi connectivity index (χ0n) is 10.4. The molecule has 1 aromatic rings. The van der Waals surface area contributed by atoms with Crippen LogP contribution in [0.15, 0.2) is 24.3 Å². The number of alkyl halides is 1. The van der Waals surface area contributed by atoms with Gasteiger partial charge in [0.25, 0.3) is 0 Å². The summed E-state index contributed by atoms with van der Waals surface area (Å²) in [6.45, 7) is 3.29. The van der Waals surface area contributed by atoms with E-state index in [1.165, 1.54) is 24.1 Å². The Morgan fingerprint density at radius 2 is 1.94 bits per heavy atom. The van der Waals surface area contributed by atoms with Gasteiger partial charge in [0.15, 0.2) is 0 Å². The first-order valence-electron chi connectivity index (χ1n) is 6.54. The Hall–Kier alpha value is -0.580. The number of para-hydroxylation sites is 1. The topological polar surface area (TPSA) is 21.7 Å². The molecule has 2 aliphatic rings. The van der Waals surface area contributed by atoms with Crippen molar-refractivity contribution in [2.45, 2.75) is 18.6 Å². The predicted molar refractivity (Wildman–Crippen MR) is 75.3 cm³/mol. The molecule has 2 heterocycles. The van der Waals surface area contributed by atoms with Gasteiger partial charge in [-0.1, -0.05) is 34.1 Å². The summed E-state index contributed by atoms with van der Waals surface area (Å²) in [5, 5.41) is 1.07. The minimum absolute atomic E-state index is 0.495. The van der Waals surface area contributed by atoms with Gasteiger partial charge in [0.05, 0.1) is 19.8 Å². The van der Waals surface area contributed by atoms with E-state index in [0.29, 0.717) is 13.2 Å². The normalized spacial score (nSPS) is 20.6.